The van der Waals surface area contributed by atoms with Crippen LogP contribution in [-0.4, -0.2) is 43.4 Å². The first-order chi connectivity index (χ1) is 15.6. The number of alkyl carbamates (subject to hydrolysis) is 1. The van der Waals surface area contributed by atoms with E-state index in [1.54, 1.807) is 0 Å². The normalized spacial score (nSPS) is 45.2. The number of esters is 1. The molecule has 4 fully saturated rings. The number of nitrogens with one attached hydrogen (secondary N) is 1. The number of carbonyl (C=O) groups excluding carboxylic acids is 2. The number of hydrogen-bond acceptors (Lipinski definition) is 6. The topological polar surface area (TPSA) is 117 Å². The van der Waals surface area contributed by atoms with Crippen LogP contribution in [0.5, 0.6) is 0 Å². The third-order valence-electron chi connectivity index (χ3n) is 10.8. The van der Waals surface area contributed by atoms with Crippen molar-refractivity contribution in [3.63, 3.8) is 0 Å². The highest BCUT2D eigenvalue weighted by molar-refractivity contribution is 5.74. The Morgan fingerprint density at radius 3 is 2.48 bits per heavy atom. The molecule has 0 bridgehead atoms. The molecule has 0 radical (unpaired) electrons. The molecule has 4 rings (SSSR count). The molecule has 0 aliphatic heterocycles. The average Bonchev–Trinajstić information content (AvgIpc) is 3.08. The Morgan fingerprint density at radius 1 is 1.06 bits per heavy atom. The lowest BCUT2D eigenvalue weighted by Crippen LogP contribution is -2.66. The van der Waals surface area contributed by atoms with E-state index in [-0.39, 0.29) is 46.5 Å². The smallest absolute Gasteiger partial charge is 0.407 e. The summed E-state index contributed by atoms with van der Waals surface area (Å²) < 4.78 is 11.0. The first-order valence-electron chi connectivity index (χ1n) is 13.2. The van der Waals surface area contributed by atoms with Gasteiger partial charge in [-0.2, -0.15) is 0 Å². The number of hydrogen-bond donors (Lipinski definition) is 3. The van der Waals surface area contributed by atoms with Crippen LogP contribution in [0.2, 0.25) is 0 Å². The molecule has 9 unspecified atom stereocenters. The number of rotatable bonds is 5. The van der Waals surface area contributed by atoms with Crippen LogP contribution in [0.15, 0.2) is 0 Å². The third-order valence-corrected chi connectivity index (χ3v) is 10.8. The molecular formula is C26H45N3O4. The Balaban J connectivity index is 1.45. The van der Waals surface area contributed by atoms with Crippen LogP contribution in [0.4, 0.5) is 4.79 Å². The van der Waals surface area contributed by atoms with Gasteiger partial charge in [-0.05, 0) is 92.8 Å². The first kappa shape index (κ1) is 24.8. The zero-order valence-corrected chi connectivity index (χ0v) is 21.0. The van der Waals surface area contributed by atoms with Crippen LogP contribution in [0.3, 0.4) is 0 Å². The van der Waals surface area contributed by atoms with Crippen molar-refractivity contribution in [1.82, 2.24) is 5.32 Å². The van der Waals surface area contributed by atoms with Gasteiger partial charge in [0.25, 0.3) is 0 Å². The number of nitrogens with two attached hydrogens (primary N) is 2. The van der Waals surface area contributed by atoms with Crippen LogP contribution in [0, 0.1) is 34.5 Å². The Bertz CT molecular complexity index is 758. The van der Waals surface area contributed by atoms with E-state index < -0.39 is 0 Å². The summed E-state index contributed by atoms with van der Waals surface area (Å²) in [5.74, 6) is 1.40. The molecule has 4 aliphatic carbocycles. The van der Waals surface area contributed by atoms with Gasteiger partial charge in [0.15, 0.2) is 0 Å². The van der Waals surface area contributed by atoms with Crippen molar-refractivity contribution in [2.75, 3.05) is 13.7 Å². The van der Waals surface area contributed by atoms with Crippen LogP contribution < -0.4 is 16.8 Å². The van der Waals surface area contributed by atoms with Gasteiger partial charge in [-0.15, -0.1) is 0 Å². The molecule has 0 aromatic heterocycles. The standard InChI is InChI=1S/C26H45N3O4/c1-5-17(15-27)29-23(31)33-18-8-11-24(2)16(14-18)6-7-20-19(24)9-12-25(3)21(22(30)32-4)10-13-26(20,25)28/h16-21H,5-15,27-28H2,1-4H3,(H,29,31). The quantitative estimate of drug-likeness (QED) is 0.535. The minimum atomic E-state index is -0.330. The lowest BCUT2D eigenvalue weighted by molar-refractivity contribution is -0.160. The molecule has 0 aromatic rings. The molecule has 4 aliphatic rings. The SMILES string of the molecule is CCC(CN)NC(=O)OC1CCC2(C)C(CCC3C2CCC2(C)C(C(=O)OC)CCC32N)C1. The second-order valence-electron chi connectivity index (χ2n) is 11.9. The summed E-state index contributed by atoms with van der Waals surface area (Å²) in [6, 6.07) is -0.0284. The van der Waals surface area contributed by atoms with Crippen molar-refractivity contribution < 1.29 is 19.1 Å². The summed E-state index contributed by atoms with van der Waals surface area (Å²) in [6.45, 7) is 7.15. The molecular weight excluding hydrogens is 418 g/mol. The van der Waals surface area contributed by atoms with E-state index in [1.165, 1.54) is 7.11 Å². The Morgan fingerprint density at radius 2 is 1.82 bits per heavy atom. The average molecular weight is 464 g/mol. The van der Waals surface area contributed by atoms with E-state index in [0.29, 0.717) is 24.3 Å². The van der Waals surface area contributed by atoms with E-state index in [2.05, 4.69) is 19.2 Å². The zero-order chi connectivity index (χ0) is 24.0. The summed E-state index contributed by atoms with van der Waals surface area (Å²) in [5.41, 5.74) is 12.7. The van der Waals surface area contributed by atoms with Crippen molar-refractivity contribution in [1.29, 1.82) is 0 Å². The second kappa shape index (κ2) is 9.03. The van der Waals surface area contributed by atoms with Crippen LogP contribution in [-0.2, 0) is 14.3 Å². The molecule has 9 atom stereocenters. The van der Waals surface area contributed by atoms with Crippen LogP contribution >= 0.6 is 0 Å². The van der Waals surface area contributed by atoms with Gasteiger partial charge in [-0.1, -0.05) is 20.8 Å². The summed E-state index contributed by atoms with van der Waals surface area (Å²) in [5, 5.41) is 2.90. The van der Waals surface area contributed by atoms with E-state index in [0.717, 1.165) is 64.2 Å². The van der Waals surface area contributed by atoms with Crippen molar-refractivity contribution in [3.8, 4) is 0 Å². The highest BCUT2D eigenvalue weighted by Gasteiger charge is 2.67. The highest BCUT2D eigenvalue weighted by atomic mass is 16.6. The number of methoxy groups -OCH3 is 1. The van der Waals surface area contributed by atoms with E-state index in [1.807, 2.05) is 6.92 Å². The molecule has 1 amide bonds. The fourth-order valence-electron chi connectivity index (χ4n) is 8.60. The highest BCUT2D eigenvalue weighted by Crippen LogP contribution is 2.68. The van der Waals surface area contributed by atoms with E-state index in [9.17, 15) is 9.59 Å². The van der Waals surface area contributed by atoms with Gasteiger partial charge in [-0.3, -0.25) is 4.79 Å². The molecule has 5 N–H and O–H groups in total. The van der Waals surface area contributed by atoms with E-state index >= 15 is 0 Å². The summed E-state index contributed by atoms with van der Waals surface area (Å²) >= 11 is 0. The number of carbonyl (C=O) groups is 2. The molecule has 7 nitrogen and oxygen atoms in total. The first-order valence-corrected chi connectivity index (χ1v) is 13.2. The zero-order valence-electron chi connectivity index (χ0n) is 21.0. The Labute approximate surface area is 199 Å². The van der Waals surface area contributed by atoms with Crippen LogP contribution in [0.1, 0.15) is 85.0 Å². The largest absolute Gasteiger partial charge is 0.469 e. The molecule has 33 heavy (non-hydrogen) atoms. The number of ether oxygens (including phenoxy) is 2. The molecule has 0 saturated heterocycles. The molecule has 188 valence electrons. The van der Waals surface area contributed by atoms with E-state index in [4.69, 9.17) is 20.9 Å². The maximum Gasteiger partial charge on any atom is 0.407 e. The predicted octanol–water partition coefficient (Wildman–Crippen LogP) is 3.73. The van der Waals surface area contributed by atoms with Gasteiger partial charge in [0.2, 0.25) is 0 Å². The fourth-order valence-corrected chi connectivity index (χ4v) is 8.60. The second-order valence-corrected chi connectivity index (χ2v) is 11.9. The molecule has 4 saturated carbocycles. The Hall–Kier alpha value is -1.34. The number of amides is 1. The van der Waals surface area contributed by atoms with Gasteiger partial charge in [0.05, 0.1) is 13.0 Å². The number of fused-ring (bicyclic) bond motifs is 5. The molecule has 0 spiro atoms. The summed E-state index contributed by atoms with van der Waals surface area (Å²) in [6.07, 6.45) is 9.46. The van der Waals surface area contributed by atoms with Gasteiger partial charge in [0, 0.05) is 18.1 Å². The van der Waals surface area contributed by atoms with Crippen molar-refractivity contribution in [2.45, 2.75) is 103 Å². The fraction of sp³-hybridized carbons (Fsp3) is 0.923. The van der Waals surface area contributed by atoms with Gasteiger partial charge in [0.1, 0.15) is 6.10 Å². The lowest BCUT2D eigenvalue weighted by Gasteiger charge is -2.64. The minimum absolute atomic E-state index is 0.0224. The maximum atomic E-state index is 12.6. The minimum Gasteiger partial charge on any atom is -0.469 e. The van der Waals surface area contributed by atoms with Crippen molar-refractivity contribution in [2.24, 2.45) is 46.0 Å². The van der Waals surface area contributed by atoms with Crippen molar-refractivity contribution >= 4 is 12.1 Å². The van der Waals surface area contributed by atoms with Gasteiger partial charge < -0.3 is 26.3 Å². The lowest BCUT2D eigenvalue weighted by atomic mass is 9.42. The third kappa shape index (κ3) is 3.87. The maximum absolute atomic E-state index is 12.6. The van der Waals surface area contributed by atoms with Gasteiger partial charge >= 0.3 is 12.1 Å². The predicted molar refractivity (Wildman–Crippen MR) is 127 cm³/mol. The molecule has 0 heterocycles. The van der Waals surface area contributed by atoms with Crippen LogP contribution in [0.25, 0.3) is 0 Å². The van der Waals surface area contributed by atoms with Gasteiger partial charge in [-0.25, -0.2) is 4.79 Å². The summed E-state index contributed by atoms with van der Waals surface area (Å²) in [4.78, 5) is 24.9. The monoisotopic (exact) mass is 463 g/mol. The molecule has 7 heteroatoms. The van der Waals surface area contributed by atoms with Crippen molar-refractivity contribution in [3.05, 3.63) is 0 Å². The molecule has 0 aromatic carbocycles. The Kier molecular flexibility index (Phi) is 6.78. The summed E-state index contributed by atoms with van der Waals surface area (Å²) in [7, 11) is 1.50.